The van der Waals surface area contributed by atoms with Crippen LogP contribution in [0.4, 0.5) is 15.8 Å². The quantitative estimate of drug-likeness (QED) is 0.572. The molecule has 2 aliphatic heterocycles. The van der Waals surface area contributed by atoms with Crippen molar-refractivity contribution < 1.29 is 4.39 Å². The van der Waals surface area contributed by atoms with Crippen molar-refractivity contribution in [2.75, 3.05) is 23.5 Å². The lowest BCUT2D eigenvalue weighted by Crippen LogP contribution is -2.30. The zero-order valence-electron chi connectivity index (χ0n) is 18.2. The van der Waals surface area contributed by atoms with Crippen molar-refractivity contribution in [1.82, 2.24) is 14.5 Å². The van der Waals surface area contributed by atoms with Crippen LogP contribution in [0.5, 0.6) is 0 Å². The van der Waals surface area contributed by atoms with Crippen LogP contribution in [0, 0.1) is 5.82 Å². The molecule has 0 spiro atoms. The predicted octanol–water partition coefficient (Wildman–Crippen LogP) is 4.69. The molecule has 5 rings (SSSR count). The van der Waals surface area contributed by atoms with Gasteiger partial charge >= 0.3 is 0 Å². The van der Waals surface area contributed by atoms with Crippen LogP contribution in [-0.2, 0) is 19.5 Å². The van der Waals surface area contributed by atoms with Crippen LogP contribution in [0.25, 0.3) is 5.70 Å². The van der Waals surface area contributed by atoms with Crippen LogP contribution in [0.15, 0.2) is 60.0 Å². The van der Waals surface area contributed by atoms with Crippen LogP contribution < -0.4 is 16.0 Å². The van der Waals surface area contributed by atoms with Gasteiger partial charge in [0.05, 0.1) is 22.1 Å². The zero-order chi connectivity index (χ0) is 22.9. The largest absolute Gasteiger partial charge is 0.310 e. The van der Waals surface area contributed by atoms with Gasteiger partial charge in [0.1, 0.15) is 5.82 Å². The third kappa shape index (κ3) is 4.26. The van der Waals surface area contributed by atoms with E-state index in [9.17, 15) is 9.18 Å². The first-order chi connectivity index (χ1) is 16.0. The van der Waals surface area contributed by atoms with Gasteiger partial charge in [0, 0.05) is 48.7 Å². The van der Waals surface area contributed by atoms with Crippen molar-refractivity contribution in [3.8, 4) is 0 Å². The summed E-state index contributed by atoms with van der Waals surface area (Å²) in [4.78, 5) is 20.0. The second kappa shape index (κ2) is 9.00. The summed E-state index contributed by atoms with van der Waals surface area (Å²) >= 11 is 6.33. The molecule has 2 aromatic heterocycles. The molecular formula is C25H25ClFN5O. The minimum atomic E-state index is -0.407. The SMILES string of the molecule is C=C1c2c(cc(=O)n(CCc3ccccn3)c2CN2CCCC2)NN1c1ccc(F)cc1Cl. The summed E-state index contributed by atoms with van der Waals surface area (Å²) in [7, 11) is 0. The van der Waals surface area contributed by atoms with Gasteiger partial charge < -0.3 is 4.57 Å². The van der Waals surface area contributed by atoms with Gasteiger partial charge in [0.15, 0.2) is 0 Å². The van der Waals surface area contributed by atoms with Gasteiger partial charge in [-0.1, -0.05) is 24.2 Å². The molecule has 170 valence electrons. The van der Waals surface area contributed by atoms with Crippen LogP contribution in [0.1, 0.15) is 29.8 Å². The molecule has 0 amide bonds. The van der Waals surface area contributed by atoms with Gasteiger partial charge in [-0.15, -0.1) is 0 Å². The Morgan fingerprint density at radius 1 is 1.15 bits per heavy atom. The smallest absolute Gasteiger partial charge is 0.252 e. The number of fused-ring (bicyclic) bond motifs is 1. The third-order valence-electron chi connectivity index (χ3n) is 6.25. The van der Waals surface area contributed by atoms with Crippen LogP contribution in [0.2, 0.25) is 5.02 Å². The van der Waals surface area contributed by atoms with Crippen LogP contribution >= 0.6 is 11.6 Å². The summed E-state index contributed by atoms with van der Waals surface area (Å²) < 4.78 is 15.5. The lowest BCUT2D eigenvalue weighted by atomic mass is 10.1. The molecule has 0 bridgehead atoms. The first kappa shape index (κ1) is 21.7. The first-order valence-electron chi connectivity index (χ1n) is 11.1. The third-order valence-corrected chi connectivity index (χ3v) is 6.55. The number of pyridine rings is 2. The highest BCUT2D eigenvalue weighted by molar-refractivity contribution is 6.33. The van der Waals surface area contributed by atoms with Gasteiger partial charge in [-0.2, -0.15) is 0 Å². The second-order valence-electron chi connectivity index (χ2n) is 8.41. The number of hydrogen-bond acceptors (Lipinski definition) is 5. The predicted molar refractivity (Wildman–Crippen MR) is 130 cm³/mol. The molecule has 0 saturated carbocycles. The maximum atomic E-state index is 13.6. The van der Waals surface area contributed by atoms with E-state index in [4.69, 9.17) is 11.6 Å². The average molecular weight is 466 g/mol. The van der Waals surface area contributed by atoms with Gasteiger partial charge in [0.25, 0.3) is 5.56 Å². The molecular weight excluding hydrogens is 441 g/mol. The standard InChI is InChI=1S/C25H25ClFN5O/c1-17-25-21(29-32(17)22-8-7-18(27)14-20(22)26)15-24(33)31(13-9-19-6-2-3-10-28-19)23(25)16-30-11-4-5-12-30/h2-3,6-8,10,14-15,29H,1,4-5,9,11-13,16H2. The van der Waals surface area contributed by atoms with Gasteiger partial charge in [-0.05, 0) is 56.3 Å². The van der Waals surface area contributed by atoms with Crippen molar-refractivity contribution in [3.05, 3.63) is 93.4 Å². The number of aryl methyl sites for hydroxylation is 1. The van der Waals surface area contributed by atoms with Crippen molar-refractivity contribution in [2.24, 2.45) is 0 Å². The first-order valence-corrected chi connectivity index (χ1v) is 11.5. The number of aromatic nitrogens is 2. The number of likely N-dealkylation sites (tertiary alicyclic amines) is 1. The fourth-order valence-corrected chi connectivity index (χ4v) is 4.86. The highest BCUT2D eigenvalue weighted by Crippen LogP contribution is 2.41. The molecule has 8 heteroatoms. The maximum absolute atomic E-state index is 13.6. The number of halogens is 2. The van der Waals surface area contributed by atoms with E-state index < -0.39 is 5.82 Å². The number of nitrogens with one attached hydrogen (secondary N) is 1. The molecule has 6 nitrogen and oxygen atoms in total. The Balaban J connectivity index is 1.54. The number of anilines is 2. The molecule has 0 unspecified atom stereocenters. The van der Waals surface area contributed by atoms with Gasteiger partial charge in [0.2, 0.25) is 0 Å². The summed E-state index contributed by atoms with van der Waals surface area (Å²) in [6, 6.07) is 11.6. The Bertz CT molecular complexity index is 1250. The number of benzene rings is 1. The molecule has 4 heterocycles. The summed E-state index contributed by atoms with van der Waals surface area (Å²) in [5.41, 5.74) is 7.88. The summed E-state index contributed by atoms with van der Waals surface area (Å²) in [5.74, 6) is -0.407. The molecule has 3 aromatic rings. The highest BCUT2D eigenvalue weighted by Gasteiger charge is 2.31. The van der Waals surface area contributed by atoms with E-state index >= 15 is 0 Å². The number of hydrazine groups is 1. The fourth-order valence-electron chi connectivity index (χ4n) is 4.61. The monoisotopic (exact) mass is 465 g/mol. The number of rotatable bonds is 6. The van der Waals surface area contributed by atoms with Crippen molar-refractivity contribution in [3.63, 3.8) is 0 Å². The summed E-state index contributed by atoms with van der Waals surface area (Å²) in [5, 5.41) is 1.99. The normalized spacial score (nSPS) is 15.7. The molecule has 0 atom stereocenters. The van der Waals surface area contributed by atoms with Gasteiger partial charge in [-0.3, -0.25) is 25.1 Å². The second-order valence-corrected chi connectivity index (χ2v) is 8.82. The lowest BCUT2D eigenvalue weighted by molar-refractivity contribution is 0.318. The zero-order valence-corrected chi connectivity index (χ0v) is 19.0. The van der Waals surface area contributed by atoms with E-state index in [1.54, 1.807) is 23.3 Å². The molecule has 1 fully saturated rings. The summed E-state index contributed by atoms with van der Waals surface area (Å²) in [6.45, 7) is 7.50. The minimum absolute atomic E-state index is 0.0776. The summed E-state index contributed by atoms with van der Waals surface area (Å²) in [6.07, 6.45) is 4.73. The molecule has 0 aliphatic carbocycles. The molecule has 1 aromatic carbocycles. The number of hydrogen-bond donors (Lipinski definition) is 1. The van der Waals surface area contributed by atoms with Crippen LogP contribution in [0.3, 0.4) is 0 Å². The lowest BCUT2D eigenvalue weighted by Gasteiger charge is -2.23. The van der Waals surface area contributed by atoms with Crippen molar-refractivity contribution >= 4 is 28.7 Å². The Morgan fingerprint density at radius 3 is 2.70 bits per heavy atom. The Morgan fingerprint density at radius 2 is 1.97 bits per heavy atom. The van der Waals surface area contributed by atoms with E-state index in [-0.39, 0.29) is 10.6 Å². The molecule has 1 saturated heterocycles. The Labute approximate surface area is 196 Å². The van der Waals surface area contributed by atoms with E-state index in [1.807, 2.05) is 22.8 Å². The van der Waals surface area contributed by atoms with Crippen molar-refractivity contribution in [2.45, 2.75) is 32.4 Å². The molecule has 0 radical (unpaired) electrons. The van der Waals surface area contributed by atoms with E-state index in [1.165, 1.54) is 12.1 Å². The van der Waals surface area contributed by atoms with E-state index in [2.05, 4.69) is 21.9 Å². The van der Waals surface area contributed by atoms with Gasteiger partial charge in [-0.25, -0.2) is 4.39 Å². The topological polar surface area (TPSA) is 53.4 Å². The Kier molecular flexibility index (Phi) is 5.91. The molecule has 1 N–H and O–H groups in total. The van der Waals surface area contributed by atoms with E-state index in [0.717, 1.165) is 42.9 Å². The average Bonchev–Trinajstić information content (AvgIpc) is 3.42. The molecule has 2 aliphatic rings. The van der Waals surface area contributed by atoms with Crippen LogP contribution in [-0.4, -0.2) is 27.5 Å². The Hall–Kier alpha value is -3.16. The number of nitrogens with zero attached hydrogens (tertiary/aromatic N) is 4. The minimum Gasteiger partial charge on any atom is -0.310 e. The van der Waals surface area contributed by atoms with Crippen molar-refractivity contribution in [1.29, 1.82) is 0 Å². The highest BCUT2D eigenvalue weighted by atomic mass is 35.5. The molecule has 33 heavy (non-hydrogen) atoms. The van der Waals surface area contributed by atoms with E-state index in [0.29, 0.717) is 36.6 Å². The fraction of sp³-hybridized carbons (Fsp3) is 0.280. The maximum Gasteiger partial charge on any atom is 0.252 e.